The minimum Gasteiger partial charge on any atom is -0.0783 e. The molecule has 1 heteroatoms. The molecule has 0 N–H and O–H groups in total. The Labute approximate surface area is 79.2 Å². The average molecular weight is 180 g/mol. The van der Waals surface area contributed by atoms with Crippen LogP contribution in [0.15, 0.2) is 22.4 Å². The van der Waals surface area contributed by atoms with Gasteiger partial charge in [0, 0.05) is 16.2 Å². The quantitative estimate of drug-likeness (QED) is 0.502. The topological polar surface area (TPSA) is 0 Å². The van der Waals surface area contributed by atoms with Gasteiger partial charge in [0.1, 0.15) is 0 Å². The molecule has 0 bridgehead atoms. The smallest absolute Gasteiger partial charge is 0.0384 e. The van der Waals surface area contributed by atoms with Gasteiger partial charge in [-0.15, -0.1) is 0 Å². The van der Waals surface area contributed by atoms with E-state index in [0.717, 1.165) is 0 Å². The van der Waals surface area contributed by atoms with Gasteiger partial charge in [-0.3, -0.25) is 0 Å². The normalized spacial score (nSPS) is 25.1. The van der Waals surface area contributed by atoms with E-state index in [1.54, 1.807) is 16.3 Å². The maximum atomic E-state index is 2.47. The van der Waals surface area contributed by atoms with Crippen molar-refractivity contribution in [1.82, 2.24) is 0 Å². The van der Waals surface area contributed by atoms with Crippen molar-refractivity contribution in [2.24, 2.45) is 11.3 Å². The second-order valence-corrected chi connectivity index (χ2v) is 6.08. The first-order chi connectivity index (χ1) is 5.34. The van der Waals surface area contributed by atoms with E-state index >= 15 is 0 Å². The first-order valence-corrected chi connectivity index (χ1v) is 5.70. The van der Waals surface area contributed by atoms with Crippen molar-refractivity contribution in [3.63, 3.8) is 0 Å². The summed E-state index contributed by atoms with van der Waals surface area (Å²) < 4.78 is 0. The van der Waals surface area contributed by atoms with Gasteiger partial charge in [0.25, 0.3) is 0 Å². The Morgan fingerprint density at radius 3 is 1.92 bits per heavy atom. The molecule has 0 fully saturated rings. The summed E-state index contributed by atoms with van der Waals surface area (Å²) >= 11 is 0. The maximum absolute atomic E-state index is 2.47. The summed E-state index contributed by atoms with van der Waals surface area (Å²) in [4.78, 5) is 0. The molecule has 1 aliphatic carbocycles. The molecule has 0 radical (unpaired) electrons. The molecule has 1 unspecified atom stereocenters. The average Bonchev–Trinajstić information content (AvgIpc) is 2.15. The minimum absolute atomic E-state index is 0.400. The molecule has 0 saturated carbocycles. The Bertz CT molecular complexity index is 251. The van der Waals surface area contributed by atoms with Gasteiger partial charge >= 0.3 is 0 Å². The number of rotatable bonds is 0. The third-order valence-corrected chi connectivity index (χ3v) is 4.08. The van der Waals surface area contributed by atoms with Gasteiger partial charge < -0.3 is 0 Å². The van der Waals surface area contributed by atoms with Gasteiger partial charge in [-0.1, -0.05) is 43.2 Å². The van der Waals surface area contributed by atoms with E-state index in [9.17, 15) is 0 Å². The molecule has 0 heterocycles. The fourth-order valence-corrected chi connectivity index (χ4v) is 2.67. The molecular weight excluding hydrogens is 160 g/mol. The summed E-state index contributed by atoms with van der Waals surface area (Å²) in [6.07, 6.45) is 2.47. The highest BCUT2D eigenvalue weighted by Gasteiger charge is 2.28. The van der Waals surface area contributed by atoms with Gasteiger partial charge in [0.15, 0.2) is 0 Å². The molecule has 0 saturated heterocycles. The number of hydrogen-bond donors (Lipinski definition) is 0. The van der Waals surface area contributed by atoms with E-state index in [1.807, 2.05) is 0 Å². The van der Waals surface area contributed by atoms with E-state index in [4.69, 9.17) is 0 Å². The molecule has 0 nitrogen and oxygen atoms in total. The van der Waals surface area contributed by atoms with Crippen LogP contribution in [0.4, 0.5) is 0 Å². The van der Waals surface area contributed by atoms with Crippen molar-refractivity contribution in [3.05, 3.63) is 22.4 Å². The molecule has 1 aliphatic rings. The molecule has 68 valence electrons. The largest absolute Gasteiger partial charge is 0.0783 e. The Morgan fingerprint density at radius 2 is 1.75 bits per heavy atom. The fraction of sp³-hybridized carbons (Fsp3) is 0.636. The van der Waals surface area contributed by atoms with E-state index in [-0.39, 0.29) is 0 Å². The Kier molecular flexibility index (Phi) is 2.35. The predicted molar refractivity (Wildman–Crippen MR) is 59.3 cm³/mol. The van der Waals surface area contributed by atoms with Crippen LogP contribution >= 0.6 is 0 Å². The highest BCUT2D eigenvalue weighted by molar-refractivity contribution is 6.24. The Morgan fingerprint density at radius 1 is 1.25 bits per heavy atom. The first-order valence-electron chi connectivity index (χ1n) is 4.70. The predicted octanol–water partition coefficient (Wildman–Crippen LogP) is 2.25. The first kappa shape index (κ1) is 9.78. The Hall–Kier alpha value is -0.303. The summed E-state index contributed by atoms with van der Waals surface area (Å²) in [7, 11) is 1.20. The van der Waals surface area contributed by atoms with Crippen LogP contribution in [0.3, 0.4) is 0 Å². The zero-order chi connectivity index (χ0) is 9.52. The van der Waals surface area contributed by atoms with Crippen molar-refractivity contribution in [2.45, 2.75) is 34.6 Å². The molecule has 1 rings (SSSR count). The van der Waals surface area contributed by atoms with Crippen LogP contribution in [0, 0.1) is 11.3 Å². The number of allylic oxidation sites excluding steroid dienone is 4. The summed E-state index contributed by atoms with van der Waals surface area (Å²) in [5.41, 5.74) is 3.55. The van der Waals surface area contributed by atoms with Crippen molar-refractivity contribution in [1.29, 1.82) is 0 Å². The second kappa shape index (κ2) is 2.88. The van der Waals surface area contributed by atoms with Gasteiger partial charge in [-0.2, -0.15) is 0 Å². The summed E-state index contributed by atoms with van der Waals surface area (Å²) in [6.45, 7) is 11.5. The van der Waals surface area contributed by atoms with Crippen molar-refractivity contribution < 1.29 is 0 Å². The molecule has 0 amide bonds. The zero-order valence-corrected chi connectivity index (χ0v) is 11.2. The standard InChI is InChI=1S/C11H20Si/c1-7-8(2)10(12)6-9(7)11(3,4)5/h6,9H,1-5,12H3. The third kappa shape index (κ3) is 1.56. The molecular formula is C11H20Si. The van der Waals surface area contributed by atoms with Gasteiger partial charge in [0.2, 0.25) is 0 Å². The summed E-state index contributed by atoms with van der Waals surface area (Å²) in [5.74, 6) is 0.685. The van der Waals surface area contributed by atoms with Crippen LogP contribution in [0.25, 0.3) is 0 Å². The van der Waals surface area contributed by atoms with E-state index in [1.165, 1.54) is 10.2 Å². The van der Waals surface area contributed by atoms with E-state index in [0.29, 0.717) is 11.3 Å². The fourth-order valence-electron chi connectivity index (χ4n) is 1.94. The molecule has 0 aromatic heterocycles. The molecule has 0 spiro atoms. The molecule has 1 atom stereocenters. The zero-order valence-electron chi connectivity index (χ0n) is 9.15. The lowest BCUT2D eigenvalue weighted by atomic mass is 9.78. The van der Waals surface area contributed by atoms with Crippen molar-refractivity contribution in [3.8, 4) is 0 Å². The lowest BCUT2D eigenvalue weighted by Gasteiger charge is -2.27. The highest BCUT2D eigenvalue weighted by Crippen LogP contribution is 2.40. The van der Waals surface area contributed by atoms with Crippen LogP contribution < -0.4 is 0 Å². The Balaban J connectivity index is 3.01. The monoisotopic (exact) mass is 180 g/mol. The van der Waals surface area contributed by atoms with Crippen LogP contribution in [0.5, 0.6) is 0 Å². The molecule has 12 heavy (non-hydrogen) atoms. The van der Waals surface area contributed by atoms with Crippen LogP contribution in [0.1, 0.15) is 34.6 Å². The van der Waals surface area contributed by atoms with Crippen LogP contribution in [0.2, 0.25) is 0 Å². The van der Waals surface area contributed by atoms with Crippen LogP contribution in [-0.2, 0) is 0 Å². The van der Waals surface area contributed by atoms with E-state index in [2.05, 4.69) is 40.7 Å². The SMILES string of the molecule is CC1=C(C)C(C(C)(C)C)C=C1[SiH3]. The number of hydrogen-bond acceptors (Lipinski definition) is 0. The molecule has 0 aromatic rings. The summed E-state index contributed by atoms with van der Waals surface area (Å²) in [6, 6.07) is 0. The highest BCUT2D eigenvalue weighted by atomic mass is 28.1. The molecule has 0 aromatic carbocycles. The van der Waals surface area contributed by atoms with Crippen molar-refractivity contribution in [2.75, 3.05) is 0 Å². The minimum atomic E-state index is 0.400. The molecule has 0 aliphatic heterocycles. The lowest BCUT2D eigenvalue weighted by Crippen LogP contribution is -2.18. The lowest BCUT2D eigenvalue weighted by molar-refractivity contribution is 0.333. The maximum Gasteiger partial charge on any atom is 0.0384 e. The second-order valence-electron chi connectivity index (χ2n) is 5.00. The van der Waals surface area contributed by atoms with E-state index < -0.39 is 0 Å². The third-order valence-electron chi connectivity index (χ3n) is 3.00. The van der Waals surface area contributed by atoms with Gasteiger partial charge in [0.05, 0.1) is 0 Å². The summed E-state index contributed by atoms with van der Waals surface area (Å²) in [5, 5.41) is 1.60. The van der Waals surface area contributed by atoms with Crippen LogP contribution in [-0.4, -0.2) is 10.2 Å². The van der Waals surface area contributed by atoms with Crippen molar-refractivity contribution >= 4 is 10.2 Å². The van der Waals surface area contributed by atoms with Gasteiger partial charge in [-0.25, -0.2) is 0 Å². The van der Waals surface area contributed by atoms with Gasteiger partial charge in [-0.05, 0) is 19.3 Å².